The number of allylic oxidation sites excluding steroid dienone is 2. The standard InChI is InChI=1S/C12H14N2O2/c1-8-4-9(6-10(15)5-8)11-2-3-13-7-12(11)14-16/h2-3,6-8,14,16H,4-5H2,1H3/p+1. The molecular weight excluding hydrogens is 204 g/mol. The van der Waals surface area contributed by atoms with Crippen LogP contribution in [0, 0.1) is 5.92 Å². The Bertz CT molecular complexity index is 440. The highest BCUT2D eigenvalue weighted by atomic mass is 16.5. The molecule has 0 saturated heterocycles. The molecule has 84 valence electrons. The third-order valence-electron chi connectivity index (χ3n) is 2.79. The van der Waals surface area contributed by atoms with E-state index in [2.05, 4.69) is 11.9 Å². The summed E-state index contributed by atoms with van der Waals surface area (Å²) in [7, 11) is 0. The molecular formula is C12H15N2O2+. The first-order valence-corrected chi connectivity index (χ1v) is 5.36. The maximum atomic E-state index is 11.5. The molecule has 0 saturated carbocycles. The molecule has 1 aromatic rings. The zero-order chi connectivity index (χ0) is 11.5. The van der Waals surface area contributed by atoms with Gasteiger partial charge in [0.25, 0.3) is 0 Å². The Kier molecular flexibility index (Phi) is 3.12. The van der Waals surface area contributed by atoms with Crippen LogP contribution >= 0.6 is 0 Å². The Morgan fingerprint density at radius 1 is 1.50 bits per heavy atom. The molecule has 2 rings (SSSR count). The Balaban J connectivity index is 2.40. The van der Waals surface area contributed by atoms with Crippen LogP contribution in [-0.2, 0) is 4.79 Å². The molecule has 3 N–H and O–H groups in total. The van der Waals surface area contributed by atoms with E-state index >= 15 is 0 Å². The quantitative estimate of drug-likeness (QED) is 0.730. The van der Waals surface area contributed by atoms with Gasteiger partial charge in [0.15, 0.2) is 11.5 Å². The van der Waals surface area contributed by atoms with E-state index in [1.807, 2.05) is 6.07 Å². The Morgan fingerprint density at radius 3 is 3.00 bits per heavy atom. The Morgan fingerprint density at radius 2 is 2.31 bits per heavy atom. The van der Waals surface area contributed by atoms with Gasteiger partial charge in [-0.15, -0.1) is 0 Å². The number of quaternary nitrogens is 1. The first-order chi connectivity index (χ1) is 7.70. The minimum Gasteiger partial charge on any atom is -0.295 e. The van der Waals surface area contributed by atoms with Gasteiger partial charge < -0.3 is 0 Å². The number of aromatic nitrogens is 1. The molecule has 1 atom stereocenters. The van der Waals surface area contributed by atoms with Crippen LogP contribution in [0.5, 0.6) is 0 Å². The van der Waals surface area contributed by atoms with Gasteiger partial charge in [0, 0.05) is 18.2 Å². The van der Waals surface area contributed by atoms with Crippen molar-refractivity contribution in [2.75, 3.05) is 0 Å². The second kappa shape index (κ2) is 4.55. The lowest BCUT2D eigenvalue weighted by Gasteiger charge is -2.18. The predicted octanol–water partition coefficient (Wildman–Crippen LogP) is 1.05. The van der Waals surface area contributed by atoms with Crippen molar-refractivity contribution in [1.29, 1.82) is 0 Å². The van der Waals surface area contributed by atoms with Gasteiger partial charge in [-0.3, -0.25) is 9.78 Å². The molecule has 0 amide bonds. The predicted molar refractivity (Wildman–Crippen MR) is 59.0 cm³/mol. The lowest BCUT2D eigenvalue weighted by atomic mass is 9.86. The Labute approximate surface area is 94.0 Å². The summed E-state index contributed by atoms with van der Waals surface area (Å²) in [5.74, 6) is 0.529. The fraction of sp³-hybridized carbons (Fsp3) is 0.333. The van der Waals surface area contributed by atoms with E-state index in [-0.39, 0.29) is 5.78 Å². The summed E-state index contributed by atoms with van der Waals surface area (Å²) >= 11 is 0. The van der Waals surface area contributed by atoms with Crippen molar-refractivity contribution < 1.29 is 15.5 Å². The third kappa shape index (κ3) is 2.18. The monoisotopic (exact) mass is 219 g/mol. The van der Waals surface area contributed by atoms with E-state index in [1.54, 1.807) is 18.5 Å². The maximum absolute atomic E-state index is 11.5. The van der Waals surface area contributed by atoms with Crippen molar-refractivity contribution in [2.24, 2.45) is 5.92 Å². The highest BCUT2D eigenvalue weighted by Crippen LogP contribution is 2.31. The molecule has 1 aromatic heterocycles. The maximum Gasteiger partial charge on any atom is 0.187 e. The molecule has 0 radical (unpaired) electrons. The third-order valence-corrected chi connectivity index (χ3v) is 2.79. The van der Waals surface area contributed by atoms with Crippen LogP contribution in [0.3, 0.4) is 0 Å². The summed E-state index contributed by atoms with van der Waals surface area (Å²) < 4.78 is 0. The number of hydrogen-bond donors (Lipinski definition) is 2. The zero-order valence-corrected chi connectivity index (χ0v) is 9.18. The van der Waals surface area contributed by atoms with Gasteiger partial charge in [0.2, 0.25) is 0 Å². The molecule has 1 unspecified atom stereocenters. The molecule has 0 bridgehead atoms. The molecule has 1 heterocycles. The molecule has 1 aliphatic rings. The van der Waals surface area contributed by atoms with E-state index in [1.165, 1.54) is 0 Å². The zero-order valence-electron chi connectivity index (χ0n) is 9.18. The van der Waals surface area contributed by atoms with Gasteiger partial charge in [0.1, 0.15) is 0 Å². The van der Waals surface area contributed by atoms with Crippen molar-refractivity contribution in [2.45, 2.75) is 19.8 Å². The number of rotatable bonds is 2. The summed E-state index contributed by atoms with van der Waals surface area (Å²) in [5.41, 5.74) is 3.59. The van der Waals surface area contributed by atoms with Gasteiger partial charge in [-0.1, -0.05) is 6.92 Å². The molecule has 4 nitrogen and oxygen atoms in total. The first-order valence-electron chi connectivity index (χ1n) is 5.36. The molecule has 16 heavy (non-hydrogen) atoms. The molecule has 0 aliphatic heterocycles. The van der Waals surface area contributed by atoms with Crippen molar-refractivity contribution >= 4 is 17.0 Å². The summed E-state index contributed by atoms with van der Waals surface area (Å²) in [6.45, 7) is 2.06. The normalized spacial score (nSPS) is 20.8. The summed E-state index contributed by atoms with van der Waals surface area (Å²) in [6.07, 6.45) is 6.44. The van der Waals surface area contributed by atoms with Crippen LogP contribution in [0.2, 0.25) is 0 Å². The smallest absolute Gasteiger partial charge is 0.187 e. The van der Waals surface area contributed by atoms with Crippen LogP contribution in [-0.4, -0.2) is 16.0 Å². The van der Waals surface area contributed by atoms with Gasteiger partial charge >= 0.3 is 0 Å². The number of carbonyl (C=O) groups excluding carboxylic acids is 1. The number of nitrogens with zero attached hydrogens (tertiary/aromatic N) is 1. The topological polar surface area (TPSA) is 66.8 Å². The van der Waals surface area contributed by atoms with Crippen LogP contribution < -0.4 is 5.48 Å². The van der Waals surface area contributed by atoms with Crippen molar-refractivity contribution in [1.82, 2.24) is 4.98 Å². The van der Waals surface area contributed by atoms with Crippen molar-refractivity contribution in [3.63, 3.8) is 0 Å². The highest BCUT2D eigenvalue weighted by Gasteiger charge is 2.20. The van der Waals surface area contributed by atoms with Gasteiger partial charge in [-0.05, 0) is 30.1 Å². The van der Waals surface area contributed by atoms with E-state index in [4.69, 9.17) is 5.21 Å². The summed E-state index contributed by atoms with van der Waals surface area (Å²) in [6, 6.07) is 1.83. The van der Waals surface area contributed by atoms with Gasteiger partial charge in [-0.2, -0.15) is 5.48 Å². The second-order valence-corrected chi connectivity index (χ2v) is 4.24. The van der Waals surface area contributed by atoms with Gasteiger partial charge in [0.05, 0.1) is 6.20 Å². The molecule has 1 aliphatic carbocycles. The average molecular weight is 219 g/mol. The van der Waals surface area contributed by atoms with Crippen molar-refractivity contribution in [3.8, 4) is 0 Å². The summed E-state index contributed by atoms with van der Waals surface area (Å²) in [4.78, 5) is 15.4. The minimum absolute atomic E-state index is 0.162. The number of nitrogens with two attached hydrogens (primary N) is 1. The van der Waals surface area contributed by atoms with E-state index < -0.39 is 0 Å². The lowest BCUT2D eigenvalue weighted by molar-refractivity contribution is -0.826. The van der Waals surface area contributed by atoms with E-state index in [0.717, 1.165) is 23.0 Å². The Hall–Kier alpha value is -1.52. The molecule has 4 heteroatoms. The fourth-order valence-electron chi connectivity index (χ4n) is 2.09. The molecule has 0 aromatic carbocycles. The number of hydrogen-bond acceptors (Lipinski definition) is 3. The number of carbonyl (C=O) groups is 1. The van der Waals surface area contributed by atoms with Crippen molar-refractivity contribution in [3.05, 3.63) is 30.1 Å². The van der Waals surface area contributed by atoms with Gasteiger partial charge in [-0.25, -0.2) is 5.21 Å². The average Bonchev–Trinajstić information content (AvgIpc) is 2.27. The number of ketones is 1. The van der Waals surface area contributed by atoms with Crippen LogP contribution in [0.15, 0.2) is 24.5 Å². The SMILES string of the molecule is CC1CC(=O)C=C(c2ccncc2[NH2+]O)C1. The molecule has 0 spiro atoms. The van der Waals surface area contributed by atoms with E-state index in [0.29, 0.717) is 18.0 Å². The van der Waals surface area contributed by atoms with Crippen LogP contribution in [0.25, 0.3) is 5.57 Å². The van der Waals surface area contributed by atoms with Crippen LogP contribution in [0.1, 0.15) is 25.3 Å². The molecule has 0 fully saturated rings. The summed E-state index contributed by atoms with van der Waals surface area (Å²) in [5, 5.41) is 9.10. The van der Waals surface area contributed by atoms with E-state index in [9.17, 15) is 4.79 Å². The highest BCUT2D eigenvalue weighted by molar-refractivity contribution is 5.99. The largest absolute Gasteiger partial charge is 0.295 e. The second-order valence-electron chi connectivity index (χ2n) is 4.24. The first kappa shape index (κ1) is 11.0. The van der Waals surface area contributed by atoms with Crippen LogP contribution in [0.4, 0.5) is 5.69 Å². The fourth-order valence-corrected chi connectivity index (χ4v) is 2.09. The minimum atomic E-state index is 0.162. The lowest BCUT2D eigenvalue weighted by Crippen LogP contribution is -2.74. The number of pyridine rings is 1.